The van der Waals surface area contributed by atoms with E-state index in [2.05, 4.69) is 4.72 Å². The molecule has 1 fully saturated rings. The van der Waals surface area contributed by atoms with E-state index in [1.807, 2.05) is 6.07 Å². The first-order valence-electron chi connectivity index (χ1n) is 7.21. The second kappa shape index (κ2) is 6.56. The summed E-state index contributed by atoms with van der Waals surface area (Å²) in [7, 11) is -3.70. The molecular weight excluding hydrogens is 286 g/mol. The Balaban J connectivity index is 2.31. The molecule has 0 aliphatic heterocycles. The number of nitrogens with one attached hydrogen (secondary N) is 1. The average Bonchev–Trinajstić information content (AvgIpc) is 2.47. The quantitative estimate of drug-likeness (QED) is 0.884. The van der Waals surface area contributed by atoms with E-state index in [9.17, 15) is 13.7 Å². The van der Waals surface area contributed by atoms with E-state index >= 15 is 0 Å². The van der Waals surface area contributed by atoms with E-state index in [-0.39, 0.29) is 22.4 Å². The van der Waals surface area contributed by atoms with E-state index < -0.39 is 10.0 Å². The molecule has 0 saturated heterocycles. The molecule has 0 amide bonds. The Morgan fingerprint density at radius 2 is 2.10 bits per heavy atom. The Morgan fingerprint density at radius 1 is 1.38 bits per heavy atom. The first kappa shape index (κ1) is 16.0. The highest BCUT2D eigenvalue weighted by Crippen LogP contribution is 2.26. The molecule has 0 aromatic heterocycles. The summed E-state index contributed by atoms with van der Waals surface area (Å²) in [5, 5.41) is 9.20. The average molecular weight is 307 g/mol. The minimum atomic E-state index is -3.70. The first-order valence-corrected chi connectivity index (χ1v) is 8.70. The summed E-state index contributed by atoms with van der Waals surface area (Å²) in [4.78, 5) is 0.0614. The van der Waals surface area contributed by atoms with Crippen molar-refractivity contribution < 1.29 is 8.42 Å². The third kappa shape index (κ3) is 3.43. The maximum Gasteiger partial charge on any atom is 0.242 e. The molecule has 114 valence electrons. The Morgan fingerprint density at radius 3 is 2.76 bits per heavy atom. The lowest BCUT2D eigenvalue weighted by atomic mass is 9.85. The number of nitrogens with two attached hydrogens (primary N) is 1. The van der Waals surface area contributed by atoms with Crippen molar-refractivity contribution in [1.29, 1.82) is 5.26 Å². The lowest BCUT2D eigenvalue weighted by Gasteiger charge is -2.31. The van der Waals surface area contributed by atoms with E-state index in [1.54, 1.807) is 19.1 Å². The molecule has 3 N–H and O–H groups in total. The van der Waals surface area contributed by atoms with E-state index in [0.29, 0.717) is 12.1 Å². The highest BCUT2D eigenvalue weighted by Gasteiger charge is 2.30. The van der Waals surface area contributed by atoms with Gasteiger partial charge in [-0.05, 0) is 43.9 Å². The van der Waals surface area contributed by atoms with Gasteiger partial charge in [0.05, 0.1) is 5.56 Å². The van der Waals surface area contributed by atoms with Crippen molar-refractivity contribution in [3.05, 3.63) is 29.3 Å². The Bertz CT molecular complexity index is 649. The molecule has 1 aromatic carbocycles. The molecule has 5 nitrogen and oxygen atoms in total. The second-order valence-corrected chi connectivity index (χ2v) is 7.25. The molecule has 0 radical (unpaired) electrons. The Labute approximate surface area is 126 Å². The molecule has 1 aromatic rings. The molecule has 6 heteroatoms. The van der Waals surface area contributed by atoms with Gasteiger partial charge < -0.3 is 5.73 Å². The van der Waals surface area contributed by atoms with Gasteiger partial charge in [0.2, 0.25) is 10.0 Å². The third-order valence-corrected chi connectivity index (χ3v) is 5.69. The van der Waals surface area contributed by atoms with Crippen molar-refractivity contribution in [2.75, 3.05) is 6.54 Å². The van der Waals surface area contributed by atoms with Gasteiger partial charge in [-0.3, -0.25) is 0 Å². The lowest BCUT2D eigenvalue weighted by Crippen LogP contribution is -2.44. The lowest BCUT2D eigenvalue weighted by molar-refractivity contribution is 0.296. The maximum atomic E-state index is 12.6. The van der Waals surface area contributed by atoms with Crippen molar-refractivity contribution in [2.24, 2.45) is 11.7 Å². The Kier molecular flexibility index (Phi) is 4.99. The van der Waals surface area contributed by atoms with Crippen LogP contribution in [0.25, 0.3) is 0 Å². The third-order valence-electron chi connectivity index (χ3n) is 4.15. The summed E-state index contributed by atoms with van der Waals surface area (Å²) >= 11 is 0. The molecule has 0 bridgehead atoms. The van der Waals surface area contributed by atoms with Crippen molar-refractivity contribution in [3.8, 4) is 6.07 Å². The topological polar surface area (TPSA) is 96.0 Å². The fourth-order valence-electron chi connectivity index (χ4n) is 2.92. The van der Waals surface area contributed by atoms with Crippen LogP contribution >= 0.6 is 0 Å². The number of hydrogen-bond donors (Lipinski definition) is 2. The van der Waals surface area contributed by atoms with E-state index in [1.165, 1.54) is 6.07 Å². The molecule has 1 saturated carbocycles. The standard InChI is InChI=1S/C15H21N3O2S/c1-11-5-4-8-15(13(11)10-17)21(19,20)18-14-7-3-2-6-12(14)9-16/h4-5,8,12,14,18H,2-3,6-7,9,16H2,1H3. The largest absolute Gasteiger partial charge is 0.330 e. The minimum absolute atomic E-state index is 0.0614. The zero-order chi connectivity index (χ0) is 15.5. The fraction of sp³-hybridized carbons (Fsp3) is 0.533. The molecular formula is C15H21N3O2S. The van der Waals surface area contributed by atoms with Crippen LogP contribution in [0.5, 0.6) is 0 Å². The summed E-state index contributed by atoms with van der Waals surface area (Å²) in [6.07, 6.45) is 3.84. The summed E-state index contributed by atoms with van der Waals surface area (Å²) < 4.78 is 27.9. The van der Waals surface area contributed by atoms with Gasteiger partial charge in [-0.15, -0.1) is 0 Å². The number of aryl methyl sites for hydroxylation is 1. The second-order valence-electron chi connectivity index (χ2n) is 5.57. The van der Waals surface area contributed by atoms with Gasteiger partial charge in [-0.1, -0.05) is 25.0 Å². The van der Waals surface area contributed by atoms with Crippen LogP contribution in [0.4, 0.5) is 0 Å². The van der Waals surface area contributed by atoms with Crippen LogP contribution in [0.2, 0.25) is 0 Å². The monoisotopic (exact) mass is 307 g/mol. The zero-order valence-electron chi connectivity index (χ0n) is 12.2. The van der Waals surface area contributed by atoms with Crippen LogP contribution in [0.3, 0.4) is 0 Å². The fourth-order valence-corrected chi connectivity index (χ4v) is 4.48. The number of nitrogens with zero attached hydrogens (tertiary/aromatic N) is 1. The van der Waals surface area contributed by atoms with Crippen LogP contribution in [0.1, 0.15) is 36.8 Å². The van der Waals surface area contributed by atoms with Crippen LogP contribution in [0, 0.1) is 24.2 Å². The van der Waals surface area contributed by atoms with Gasteiger partial charge in [0, 0.05) is 6.04 Å². The molecule has 21 heavy (non-hydrogen) atoms. The predicted octanol–water partition coefficient (Wildman–Crippen LogP) is 1.66. The van der Waals surface area contributed by atoms with Crippen LogP contribution in [-0.2, 0) is 10.0 Å². The molecule has 0 heterocycles. The summed E-state index contributed by atoms with van der Waals surface area (Å²) in [5.41, 5.74) is 6.62. The van der Waals surface area contributed by atoms with Gasteiger partial charge >= 0.3 is 0 Å². The molecule has 1 aliphatic carbocycles. The molecule has 2 unspecified atom stereocenters. The van der Waals surface area contributed by atoms with Crippen LogP contribution in [0.15, 0.2) is 23.1 Å². The van der Waals surface area contributed by atoms with Crippen LogP contribution in [-0.4, -0.2) is 21.0 Å². The number of sulfonamides is 1. The van der Waals surface area contributed by atoms with Crippen molar-refractivity contribution >= 4 is 10.0 Å². The van der Waals surface area contributed by atoms with Gasteiger partial charge in [0.15, 0.2) is 0 Å². The summed E-state index contributed by atoms with van der Waals surface area (Å²) in [6.45, 7) is 2.22. The molecule has 2 rings (SSSR count). The zero-order valence-corrected chi connectivity index (χ0v) is 13.0. The van der Waals surface area contributed by atoms with Crippen molar-refractivity contribution in [2.45, 2.75) is 43.5 Å². The first-order chi connectivity index (χ1) is 9.99. The maximum absolute atomic E-state index is 12.6. The molecule has 1 aliphatic rings. The smallest absolute Gasteiger partial charge is 0.242 e. The highest BCUT2D eigenvalue weighted by atomic mass is 32.2. The minimum Gasteiger partial charge on any atom is -0.330 e. The highest BCUT2D eigenvalue weighted by molar-refractivity contribution is 7.89. The molecule has 2 atom stereocenters. The normalized spacial score (nSPS) is 22.7. The van der Waals surface area contributed by atoms with Gasteiger partial charge in [0.1, 0.15) is 11.0 Å². The SMILES string of the molecule is Cc1cccc(S(=O)(=O)NC2CCCCC2CN)c1C#N. The summed E-state index contributed by atoms with van der Waals surface area (Å²) in [5.74, 6) is 0.170. The van der Waals surface area contributed by atoms with Gasteiger partial charge in [-0.25, -0.2) is 13.1 Å². The predicted molar refractivity (Wildman–Crippen MR) is 81.0 cm³/mol. The van der Waals surface area contributed by atoms with E-state index in [4.69, 9.17) is 5.73 Å². The number of nitriles is 1. The molecule has 0 spiro atoms. The number of benzene rings is 1. The number of rotatable bonds is 4. The van der Waals surface area contributed by atoms with E-state index in [0.717, 1.165) is 25.7 Å². The van der Waals surface area contributed by atoms with Gasteiger partial charge in [0.25, 0.3) is 0 Å². The summed E-state index contributed by atoms with van der Waals surface area (Å²) in [6, 6.07) is 6.73. The Hall–Kier alpha value is -1.42. The van der Waals surface area contributed by atoms with Crippen molar-refractivity contribution in [3.63, 3.8) is 0 Å². The van der Waals surface area contributed by atoms with Crippen molar-refractivity contribution in [1.82, 2.24) is 4.72 Å². The van der Waals surface area contributed by atoms with Crippen LogP contribution < -0.4 is 10.5 Å². The van der Waals surface area contributed by atoms with Gasteiger partial charge in [-0.2, -0.15) is 5.26 Å². The number of hydrogen-bond acceptors (Lipinski definition) is 4.